The van der Waals surface area contributed by atoms with Crippen molar-refractivity contribution in [1.29, 1.82) is 0 Å². The normalized spacial score (nSPS) is 14.1. The molecule has 28 heavy (non-hydrogen) atoms. The highest BCUT2D eigenvalue weighted by Gasteiger charge is 2.25. The fraction of sp³-hybridized carbons (Fsp3) is 0.381. The first-order valence-electron chi connectivity index (χ1n) is 9.40. The van der Waals surface area contributed by atoms with Gasteiger partial charge in [0.1, 0.15) is 5.75 Å². The summed E-state index contributed by atoms with van der Waals surface area (Å²) in [4.78, 5) is 14.3. The van der Waals surface area contributed by atoms with Gasteiger partial charge in [-0.05, 0) is 66.8 Å². The third kappa shape index (κ3) is 4.47. The van der Waals surface area contributed by atoms with Crippen molar-refractivity contribution >= 4 is 27.3 Å². The molecule has 1 N–H and O–H groups in total. The molecule has 1 aliphatic rings. The molecule has 2 aromatic rings. The lowest BCUT2D eigenvalue weighted by Crippen LogP contribution is -2.36. The van der Waals surface area contributed by atoms with Gasteiger partial charge < -0.3 is 9.64 Å². The smallest absolute Gasteiger partial charge is 0.261 e. The van der Waals surface area contributed by atoms with Crippen LogP contribution in [0, 0.1) is 5.92 Å². The Morgan fingerprint density at radius 3 is 2.46 bits per heavy atom. The largest absolute Gasteiger partial charge is 0.497 e. The number of nitrogens with one attached hydrogen (secondary N) is 1. The maximum absolute atomic E-state index is 12.6. The van der Waals surface area contributed by atoms with Gasteiger partial charge in [-0.3, -0.25) is 9.52 Å². The Bertz CT molecular complexity index is 953. The molecule has 0 spiro atoms. The quantitative estimate of drug-likeness (QED) is 0.764. The van der Waals surface area contributed by atoms with Crippen molar-refractivity contribution in [2.24, 2.45) is 5.92 Å². The van der Waals surface area contributed by atoms with E-state index in [1.54, 1.807) is 18.2 Å². The van der Waals surface area contributed by atoms with Crippen molar-refractivity contribution in [3.05, 3.63) is 48.0 Å². The van der Waals surface area contributed by atoms with E-state index in [-0.39, 0.29) is 10.8 Å². The van der Waals surface area contributed by atoms with E-state index in [9.17, 15) is 13.2 Å². The average molecular weight is 403 g/mol. The standard InChI is InChI=1S/C21H26N2O4S/c1-15(2)12-13-23-20-10-5-17(14-16(20)4-11-21(23)24)22-28(25,26)19-8-6-18(27-3)7-9-19/h5-10,14-15,22H,4,11-13H2,1-3H3. The van der Waals surface area contributed by atoms with E-state index in [1.165, 1.54) is 19.2 Å². The van der Waals surface area contributed by atoms with Gasteiger partial charge in [-0.2, -0.15) is 0 Å². The van der Waals surface area contributed by atoms with Crippen LogP contribution in [-0.2, 0) is 21.2 Å². The number of ether oxygens (including phenoxy) is 1. The molecule has 0 aliphatic carbocycles. The maximum Gasteiger partial charge on any atom is 0.261 e. The molecule has 7 heteroatoms. The zero-order valence-electron chi connectivity index (χ0n) is 16.4. The first-order chi connectivity index (χ1) is 13.3. The van der Waals surface area contributed by atoms with Gasteiger partial charge in [0.05, 0.1) is 12.0 Å². The van der Waals surface area contributed by atoms with Crippen LogP contribution >= 0.6 is 0 Å². The SMILES string of the molecule is COc1ccc(S(=O)(=O)Nc2ccc3c(c2)CCC(=O)N3CCC(C)C)cc1. The maximum atomic E-state index is 12.6. The van der Waals surface area contributed by atoms with Gasteiger partial charge in [0.2, 0.25) is 5.91 Å². The van der Waals surface area contributed by atoms with Crippen LogP contribution < -0.4 is 14.4 Å². The topological polar surface area (TPSA) is 75.7 Å². The summed E-state index contributed by atoms with van der Waals surface area (Å²) in [6.45, 7) is 4.94. The minimum Gasteiger partial charge on any atom is -0.497 e. The van der Waals surface area contributed by atoms with Crippen molar-refractivity contribution in [3.8, 4) is 5.75 Å². The molecule has 1 heterocycles. The molecule has 1 aliphatic heterocycles. The van der Waals surface area contributed by atoms with Crippen molar-refractivity contribution < 1.29 is 17.9 Å². The van der Waals surface area contributed by atoms with E-state index in [0.717, 1.165) is 17.7 Å². The van der Waals surface area contributed by atoms with Crippen LogP contribution in [0.4, 0.5) is 11.4 Å². The number of carbonyl (C=O) groups is 1. The number of aryl methyl sites for hydroxylation is 1. The number of methoxy groups -OCH3 is 1. The molecule has 3 rings (SSSR count). The second-order valence-electron chi connectivity index (χ2n) is 7.35. The number of fused-ring (bicyclic) bond motifs is 1. The Labute approximate surface area is 166 Å². The van der Waals surface area contributed by atoms with Gasteiger partial charge in [0, 0.05) is 24.3 Å². The predicted molar refractivity (Wildman–Crippen MR) is 110 cm³/mol. The fourth-order valence-corrected chi connectivity index (χ4v) is 4.27. The van der Waals surface area contributed by atoms with Crippen LogP contribution in [0.2, 0.25) is 0 Å². The number of nitrogens with zero attached hydrogens (tertiary/aromatic N) is 1. The Hall–Kier alpha value is -2.54. The molecule has 1 amide bonds. The highest BCUT2D eigenvalue weighted by Crippen LogP contribution is 2.31. The molecule has 2 aromatic carbocycles. The summed E-state index contributed by atoms with van der Waals surface area (Å²) in [5.74, 6) is 1.23. The van der Waals surface area contributed by atoms with Gasteiger partial charge in [-0.15, -0.1) is 0 Å². The van der Waals surface area contributed by atoms with Gasteiger partial charge in [0.15, 0.2) is 0 Å². The van der Waals surface area contributed by atoms with Gasteiger partial charge >= 0.3 is 0 Å². The molecule has 0 atom stereocenters. The Balaban J connectivity index is 1.82. The molecule has 0 fully saturated rings. The average Bonchev–Trinajstić information content (AvgIpc) is 2.67. The molecule has 0 saturated heterocycles. The fourth-order valence-electron chi connectivity index (χ4n) is 3.22. The third-order valence-corrected chi connectivity index (χ3v) is 6.23. The number of anilines is 2. The van der Waals surface area contributed by atoms with E-state index in [2.05, 4.69) is 18.6 Å². The predicted octanol–water partition coefficient (Wildman–Crippen LogP) is 3.82. The Kier molecular flexibility index (Phi) is 5.93. The summed E-state index contributed by atoms with van der Waals surface area (Å²) < 4.78 is 33.0. The summed E-state index contributed by atoms with van der Waals surface area (Å²) in [7, 11) is -2.16. The lowest BCUT2D eigenvalue weighted by Gasteiger charge is -2.30. The molecule has 0 radical (unpaired) electrons. The van der Waals surface area contributed by atoms with Gasteiger partial charge in [-0.1, -0.05) is 13.8 Å². The van der Waals surface area contributed by atoms with Crippen LogP contribution in [0.5, 0.6) is 5.75 Å². The molecular formula is C21H26N2O4S. The van der Waals surface area contributed by atoms with Crippen LogP contribution in [0.15, 0.2) is 47.4 Å². The highest BCUT2D eigenvalue weighted by atomic mass is 32.2. The van der Waals surface area contributed by atoms with E-state index >= 15 is 0 Å². The molecule has 6 nitrogen and oxygen atoms in total. The van der Waals surface area contributed by atoms with Crippen LogP contribution in [0.3, 0.4) is 0 Å². The van der Waals surface area contributed by atoms with Gasteiger partial charge in [-0.25, -0.2) is 8.42 Å². The summed E-state index contributed by atoms with van der Waals surface area (Å²) in [5.41, 5.74) is 2.36. The number of hydrogen-bond acceptors (Lipinski definition) is 4. The molecule has 0 saturated carbocycles. The summed E-state index contributed by atoms with van der Waals surface area (Å²) >= 11 is 0. The molecule has 150 valence electrons. The minimum atomic E-state index is -3.70. The zero-order chi connectivity index (χ0) is 20.3. The third-order valence-electron chi connectivity index (χ3n) is 4.83. The Morgan fingerprint density at radius 2 is 1.82 bits per heavy atom. The second-order valence-corrected chi connectivity index (χ2v) is 9.03. The number of hydrogen-bond donors (Lipinski definition) is 1. The van der Waals surface area contributed by atoms with E-state index < -0.39 is 10.0 Å². The van der Waals surface area contributed by atoms with Crippen LogP contribution in [0.25, 0.3) is 0 Å². The second kappa shape index (κ2) is 8.22. The summed E-state index contributed by atoms with van der Waals surface area (Å²) in [6, 6.07) is 11.6. The van der Waals surface area contributed by atoms with Gasteiger partial charge in [0.25, 0.3) is 10.0 Å². The minimum absolute atomic E-state index is 0.125. The Morgan fingerprint density at radius 1 is 1.11 bits per heavy atom. The molecule has 0 unspecified atom stereocenters. The first kappa shape index (κ1) is 20.2. The lowest BCUT2D eigenvalue weighted by atomic mass is 9.99. The van der Waals surface area contributed by atoms with E-state index in [4.69, 9.17) is 4.74 Å². The first-order valence-corrected chi connectivity index (χ1v) is 10.9. The number of rotatable bonds is 7. The van der Waals surface area contributed by atoms with Crippen LogP contribution in [0.1, 0.15) is 32.3 Å². The molecule has 0 aromatic heterocycles. The summed E-state index contributed by atoms with van der Waals surface area (Å²) in [6.07, 6.45) is 1.99. The highest BCUT2D eigenvalue weighted by molar-refractivity contribution is 7.92. The number of sulfonamides is 1. The van der Waals surface area contributed by atoms with Crippen molar-refractivity contribution in [1.82, 2.24) is 0 Å². The zero-order valence-corrected chi connectivity index (χ0v) is 17.3. The van der Waals surface area contributed by atoms with E-state index in [1.807, 2.05) is 17.0 Å². The monoisotopic (exact) mass is 402 g/mol. The molecule has 0 bridgehead atoms. The van der Waals surface area contributed by atoms with E-state index in [0.29, 0.717) is 36.7 Å². The summed E-state index contributed by atoms with van der Waals surface area (Å²) in [5, 5.41) is 0. The van der Waals surface area contributed by atoms with Crippen LogP contribution in [-0.4, -0.2) is 28.0 Å². The number of benzene rings is 2. The van der Waals surface area contributed by atoms with Crippen molar-refractivity contribution in [3.63, 3.8) is 0 Å². The van der Waals surface area contributed by atoms with Crippen molar-refractivity contribution in [2.75, 3.05) is 23.3 Å². The number of amides is 1. The van der Waals surface area contributed by atoms with Crippen molar-refractivity contribution in [2.45, 2.75) is 38.0 Å². The number of carbonyl (C=O) groups excluding carboxylic acids is 1. The lowest BCUT2D eigenvalue weighted by molar-refractivity contribution is -0.118. The molecular weight excluding hydrogens is 376 g/mol.